The third-order valence-electron chi connectivity index (χ3n) is 3.79. The molecule has 0 aliphatic rings. The van der Waals surface area contributed by atoms with Crippen molar-refractivity contribution in [2.45, 2.75) is 19.9 Å². The fourth-order valence-corrected chi connectivity index (χ4v) is 3.77. The lowest BCUT2D eigenvalue weighted by atomic mass is 10.2. The fourth-order valence-electron chi connectivity index (χ4n) is 2.61. The Kier molecular flexibility index (Phi) is 6.74. The van der Waals surface area contributed by atoms with Crippen molar-refractivity contribution in [1.82, 2.24) is 0 Å². The van der Waals surface area contributed by atoms with Gasteiger partial charge >= 0.3 is 5.97 Å². The molecule has 0 radical (unpaired) electrons. The molecule has 9 heteroatoms. The highest BCUT2D eigenvalue weighted by atomic mass is 32.2. The number of amides is 1. The van der Waals surface area contributed by atoms with Crippen molar-refractivity contribution in [1.29, 1.82) is 0 Å². The van der Waals surface area contributed by atoms with Crippen LogP contribution in [0.5, 0.6) is 0 Å². The minimum Gasteiger partial charge on any atom is -0.462 e. The van der Waals surface area contributed by atoms with Gasteiger partial charge in [0.15, 0.2) is 0 Å². The number of esters is 1. The molecule has 2 rings (SSSR count). The van der Waals surface area contributed by atoms with Gasteiger partial charge in [-0.15, -0.1) is 0 Å². The summed E-state index contributed by atoms with van der Waals surface area (Å²) in [6.45, 7) is 3.28. The van der Waals surface area contributed by atoms with E-state index in [1.807, 2.05) is 0 Å². The van der Waals surface area contributed by atoms with Crippen LogP contribution in [0.1, 0.15) is 24.2 Å². The van der Waals surface area contributed by atoms with E-state index in [2.05, 4.69) is 5.32 Å². The monoisotopic (exact) mass is 408 g/mol. The van der Waals surface area contributed by atoms with Crippen molar-refractivity contribution in [2.75, 3.05) is 22.5 Å². The Morgan fingerprint density at radius 2 is 1.86 bits per heavy atom. The molecule has 2 aromatic carbocycles. The number of nitrogens with one attached hydrogen (secondary N) is 1. The SMILES string of the molecule is CCOC(=O)c1cccc(NC(=O)[C@@H](C)N(c2cccc(F)c2)S(C)(=O)=O)c1. The molecule has 0 unspecified atom stereocenters. The normalized spacial score (nSPS) is 12.1. The molecule has 150 valence electrons. The topological polar surface area (TPSA) is 92.8 Å². The van der Waals surface area contributed by atoms with E-state index in [1.54, 1.807) is 19.1 Å². The van der Waals surface area contributed by atoms with Crippen molar-refractivity contribution in [2.24, 2.45) is 0 Å². The molecule has 1 atom stereocenters. The quantitative estimate of drug-likeness (QED) is 0.711. The largest absolute Gasteiger partial charge is 0.462 e. The molecular weight excluding hydrogens is 387 g/mol. The third-order valence-corrected chi connectivity index (χ3v) is 5.03. The zero-order valence-corrected chi connectivity index (χ0v) is 16.5. The van der Waals surface area contributed by atoms with Crippen LogP contribution in [0.3, 0.4) is 0 Å². The van der Waals surface area contributed by atoms with E-state index in [0.29, 0.717) is 5.69 Å². The molecule has 7 nitrogen and oxygen atoms in total. The Bertz CT molecular complexity index is 978. The standard InChI is InChI=1S/C19H21FN2O5S/c1-4-27-19(24)14-7-5-9-16(11-14)21-18(23)13(2)22(28(3,25)26)17-10-6-8-15(20)12-17/h5-13H,4H2,1-3H3,(H,21,23)/t13-/m1/s1. The van der Waals surface area contributed by atoms with Gasteiger partial charge in [0.2, 0.25) is 15.9 Å². The van der Waals surface area contributed by atoms with Crippen LogP contribution in [0.25, 0.3) is 0 Å². The lowest BCUT2D eigenvalue weighted by molar-refractivity contribution is -0.116. The lowest BCUT2D eigenvalue weighted by Gasteiger charge is -2.28. The van der Waals surface area contributed by atoms with Crippen molar-refractivity contribution < 1.29 is 27.1 Å². The van der Waals surface area contributed by atoms with Crippen molar-refractivity contribution in [3.05, 3.63) is 59.9 Å². The molecule has 0 aliphatic heterocycles. The number of carbonyl (C=O) groups excluding carboxylic acids is 2. The van der Waals surface area contributed by atoms with Crippen molar-refractivity contribution in [3.63, 3.8) is 0 Å². The highest BCUT2D eigenvalue weighted by Gasteiger charge is 2.29. The van der Waals surface area contributed by atoms with Gasteiger partial charge in [0.1, 0.15) is 11.9 Å². The highest BCUT2D eigenvalue weighted by molar-refractivity contribution is 7.92. The van der Waals surface area contributed by atoms with Gasteiger partial charge in [0.05, 0.1) is 24.1 Å². The van der Waals surface area contributed by atoms with E-state index in [4.69, 9.17) is 4.74 Å². The van der Waals surface area contributed by atoms with Gasteiger partial charge in [-0.3, -0.25) is 9.10 Å². The van der Waals surface area contributed by atoms with E-state index >= 15 is 0 Å². The second kappa shape index (κ2) is 8.83. The van der Waals surface area contributed by atoms with E-state index in [-0.39, 0.29) is 17.9 Å². The number of anilines is 2. The van der Waals surface area contributed by atoms with E-state index in [9.17, 15) is 22.4 Å². The van der Waals surface area contributed by atoms with Crippen LogP contribution >= 0.6 is 0 Å². The summed E-state index contributed by atoms with van der Waals surface area (Å²) in [7, 11) is -3.87. The number of hydrogen-bond acceptors (Lipinski definition) is 5. The second-order valence-electron chi connectivity index (χ2n) is 6.01. The first-order valence-electron chi connectivity index (χ1n) is 8.46. The lowest BCUT2D eigenvalue weighted by Crippen LogP contribution is -2.45. The van der Waals surface area contributed by atoms with Gasteiger partial charge in [-0.25, -0.2) is 17.6 Å². The molecule has 0 fully saturated rings. The Labute approximate surface area is 163 Å². The van der Waals surface area contributed by atoms with Gasteiger partial charge in [-0.1, -0.05) is 12.1 Å². The van der Waals surface area contributed by atoms with Gasteiger partial charge in [-0.05, 0) is 50.2 Å². The smallest absolute Gasteiger partial charge is 0.338 e. The Hall–Kier alpha value is -2.94. The van der Waals surface area contributed by atoms with Crippen molar-refractivity contribution in [3.8, 4) is 0 Å². The summed E-state index contributed by atoms with van der Waals surface area (Å²) in [6.07, 6.45) is 0.934. The molecule has 0 saturated heterocycles. The van der Waals surface area contributed by atoms with Crippen LogP contribution in [0.15, 0.2) is 48.5 Å². The molecule has 0 aromatic heterocycles. The number of rotatable bonds is 7. The zero-order chi connectivity index (χ0) is 20.9. The average Bonchev–Trinajstić information content (AvgIpc) is 2.61. The molecule has 0 bridgehead atoms. The number of sulfonamides is 1. The Morgan fingerprint density at radius 1 is 1.18 bits per heavy atom. The molecule has 0 saturated carbocycles. The second-order valence-corrected chi connectivity index (χ2v) is 7.86. The van der Waals surface area contributed by atoms with Gasteiger partial charge in [0.25, 0.3) is 0 Å². The summed E-state index contributed by atoms with van der Waals surface area (Å²) in [5.41, 5.74) is 0.581. The number of hydrogen-bond donors (Lipinski definition) is 1. The van der Waals surface area contributed by atoms with Gasteiger partial charge in [-0.2, -0.15) is 0 Å². The highest BCUT2D eigenvalue weighted by Crippen LogP contribution is 2.22. The fraction of sp³-hybridized carbons (Fsp3) is 0.263. The molecule has 0 heterocycles. The van der Waals surface area contributed by atoms with E-state index in [0.717, 1.165) is 16.6 Å². The third kappa shape index (κ3) is 5.29. The minimum absolute atomic E-state index is 0.0328. The van der Waals surface area contributed by atoms with Crippen LogP contribution in [-0.2, 0) is 19.6 Å². The first-order chi connectivity index (χ1) is 13.1. The number of nitrogens with zero attached hydrogens (tertiary/aromatic N) is 1. The number of halogens is 1. The molecule has 1 amide bonds. The Balaban J connectivity index is 2.27. The van der Waals surface area contributed by atoms with Crippen LogP contribution in [-0.4, -0.2) is 39.2 Å². The average molecular weight is 408 g/mol. The van der Waals surface area contributed by atoms with Crippen LogP contribution in [0.4, 0.5) is 15.8 Å². The van der Waals surface area contributed by atoms with Gasteiger partial charge in [0, 0.05) is 5.69 Å². The summed E-state index contributed by atoms with van der Waals surface area (Å²) in [6, 6.07) is 9.88. The first kappa shape index (κ1) is 21.4. The molecule has 28 heavy (non-hydrogen) atoms. The predicted molar refractivity (Wildman–Crippen MR) is 104 cm³/mol. The van der Waals surface area contributed by atoms with Crippen molar-refractivity contribution >= 4 is 33.3 Å². The predicted octanol–water partition coefficient (Wildman–Crippen LogP) is 2.80. The minimum atomic E-state index is -3.87. The van der Waals surface area contributed by atoms with E-state index in [1.165, 1.54) is 37.3 Å². The maximum atomic E-state index is 13.5. The van der Waals surface area contributed by atoms with Crippen LogP contribution in [0, 0.1) is 5.82 Å². The van der Waals surface area contributed by atoms with Crippen LogP contribution < -0.4 is 9.62 Å². The van der Waals surface area contributed by atoms with Crippen LogP contribution in [0.2, 0.25) is 0 Å². The van der Waals surface area contributed by atoms with Gasteiger partial charge < -0.3 is 10.1 Å². The summed E-state index contributed by atoms with van der Waals surface area (Å²) < 4.78 is 43.7. The van der Waals surface area contributed by atoms with E-state index < -0.39 is 33.8 Å². The zero-order valence-electron chi connectivity index (χ0n) is 15.7. The summed E-state index contributed by atoms with van der Waals surface area (Å²) in [5, 5.41) is 2.57. The number of ether oxygens (including phenoxy) is 1. The molecular formula is C19H21FN2O5S. The molecule has 0 aliphatic carbocycles. The maximum absolute atomic E-state index is 13.5. The molecule has 0 spiro atoms. The summed E-state index contributed by atoms with van der Waals surface area (Å²) >= 11 is 0. The first-order valence-corrected chi connectivity index (χ1v) is 10.3. The number of benzene rings is 2. The molecule has 1 N–H and O–H groups in total. The summed E-state index contributed by atoms with van der Waals surface area (Å²) in [4.78, 5) is 24.5. The maximum Gasteiger partial charge on any atom is 0.338 e. The molecule has 2 aromatic rings. The Morgan fingerprint density at radius 3 is 2.46 bits per heavy atom. The summed E-state index contributed by atoms with van der Waals surface area (Å²) in [5.74, 6) is -1.80. The number of carbonyl (C=O) groups is 2.